The van der Waals surface area contributed by atoms with Crippen LogP contribution >= 0.6 is 0 Å². The van der Waals surface area contributed by atoms with Gasteiger partial charge in [0, 0.05) is 0 Å². The molecule has 16 heavy (non-hydrogen) atoms. The fourth-order valence-corrected chi connectivity index (χ4v) is 0.806. The van der Waals surface area contributed by atoms with Crippen molar-refractivity contribution in [1.29, 1.82) is 0 Å². The van der Waals surface area contributed by atoms with E-state index in [-0.39, 0.29) is 12.3 Å². The minimum absolute atomic E-state index is 0.0526. The van der Waals surface area contributed by atoms with Crippen LogP contribution < -0.4 is 5.32 Å². The van der Waals surface area contributed by atoms with Crippen LogP contribution in [-0.2, 0) is 9.53 Å². The van der Waals surface area contributed by atoms with Gasteiger partial charge in [0.2, 0.25) is 0 Å². The SMILES string of the molecule is C/C=C/C=C/C(=O)CNC(=O)OC(C)(C)C. The topological polar surface area (TPSA) is 55.4 Å². The van der Waals surface area contributed by atoms with Crippen LogP contribution in [0.4, 0.5) is 4.79 Å². The third kappa shape index (κ3) is 8.99. The molecule has 0 atom stereocenters. The first kappa shape index (κ1) is 14.4. The summed E-state index contributed by atoms with van der Waals surface area (Å²) in [6, 6.07) is 0. The molecule has 0 spiro atoms. The van der Waals surface area contributed by atoms with Crippen molar-refractivity contribution in [3.05, 3.63) is 24.3 Å². The zero-order valence-corrected chi connectivity index (χ0v) is 10.2. The number of alkyl carbamates (subject to hydrolysis) is 1. The van der Waals surface area contributed by atoms with Gasteiger partial charge < -0.3 is 10.1 Å². The highest BCUT2D eigenvalue weighted by Gasteiger charge is 2.15. The van der Waals surface area contributed by atoms with Crippen molar-refractivity contribution in [2.24, 2.45) is 0 Å². The summed E-state index contributed by atoms with van der Waals surface area (Å²) in [5.74, 6) is -0.177. The highest BCUT2D eigenvalue weighted by Crippen LogP contribution is 2.05. The zero-order valence-electron chi connectivity index (χ0n) is 10.2. The number of carbonyl (C=O) groups is 2. The average Bonchev–Trinajstić information content (AvgIpc) is 2.12. The first-order valence-electron chi connectivity index (χ1n) is 5.14. The summed E-state index contributed by atoms with van der Waals surface area (Å²) in [6.07, 6.45) is 5.99. The molecule has 0 heterocycles. The lowest BCUT2D eigenvalue weighted by Crippen LogP contribution is -2.35. The van der Waals surface area contributed by atoms with Crippen LogP contribution in [0.1, 0.15) is 27.7 Å². The molecule has 0 bridgehead atoms. The van der Waals surface area contributed by atoms with E-state index in [0.29, 0.717) is 0 Å². The first-order valence-corrected chi connectivity index (χ1v) is 5.14. The van der Waals surface area contributed by atoms with E-state index in [2.05, 4.69) is 5.32 Å². The zero-order chi connectivity index (χ0) is 12.6. The van der Waals surface area contributed by atoms with Crippen molar-refractivity contribution in [2.75, 3.05) is 6.54 Å². The summed E-state index contributed by atoms with van der Waals surface area (Å²) in [5, 5.41) is 2.38. The number of hydrogen-bond acceptors (Lipinski definition) is 3. The number of rotatable bonds is 4. The number of nitrogens with one attached hydrogen (secondary N) is 1. The summed E-state index contributed by atoms with van der Waals surface area (Å²) in [7, 11) is 0. The van der Waals surface area contributed by atoms with E-state index in [1.54, 1.807) is 32.9 Å². The molecule has 4 nitrogen and oxygen atoms in total. The molecule has 0 rings (SSSR count). The van der Waals surface area contributed by atoms with Crippen LogP contribution in [0.5, 0.6) is 0 Å². The van der Waals surface area contributed by atoms with Gasteiger partial charge in [0.15, 0.2) is 5.78 Å². The second-order valence-corrected chi connectivity index (χ2v) is 4.21. The van der Waals surface area contributed by atoms with Gasteiger partial charge in [-0.15, -0.1) is 0 Å². The van der Waals surface area contributed by atoms with E-state index >= 15 is 0 Å². The fourth-order valence-electron chi connectivity index (χ4n) is 0.806. The molecule has 1 amide bonds. The summed E-state index contributed by atoms with van der Waals surface area (Å²) in [5.41, 5.74) is -0.548. The second kappa shape index (κ2) is 6.82. The van der Waals surface area contributed by atoms with Gasteiger partial charge in [-0.25, -0.2) is 4.79 Å². The van der Waals surface area contributed by atoms with Gasteiger partial charge in [0.1, 0.15) is 5.60 Å². The van der Waals surface area contributed by atoms with E-state index in [1.165, 1.54) is 6.08 Å². The number of allylic oxidation sites excluding steroid dienone is 3. The molecule has 90 valence electrons. The Bertz CT molecular complexity index is 298. The largest absolute Gasteiger partial charge is 0.444 e. The molecule has 0 aromatic heterocycles. The molecule has 0 unspecified atom stereocenters. The van der Waals surface area contributed by atoms with E-state index in [1.807, 2.05) is 13.0 Å². The normalized spacial score (nSPS) is 12.0. The molecular formula is C12H19NO3. The van der Waals surface area contributed by atoms with Crippen molar-refractivity contribution in [1.82, 2.24) is 5.32 Å². The van der Waals surface area contributed by atoms with Crippen molar-refractivity contribution in [2.45, 2.75) is 33.3 Å². The van der Waals surface area contributed by atoms with Crippen molar-refractivity contribution in [3.63, 3.8) is 0 Å². The van der Waals surface area contributed by atoms with Crippen LogP contribution in [0, 0.1) is 0 Å². The lowest BCUT2D eigenvalue weighted by molar-refractivity contribution is -0.113. The van der Waals surface area contributed by atoms with Crippen LogP contribution in [0.3, 0.4) is 0 Å². The first-order chi connectivity index (χ1) is 7.35. The summed E-state index contributed by atoms with van der Waals surface area (Å²) >= 11 is 0. The third-order valence-corrected chi connectivity index (χ3v) is 1.39. The second-order valence-electron chi connectivity index (χ2n) is 4.21. The summed E-state index contributed by atoms with van der Waals surface area (Å²) in [6.45, 7) is 7.10. The average molecular weight is 225 g/mol. The smallest absolute Gasteiger partial charge is 0.408 e. The van der Waals surface area contributed by atoms with Gasteiger partial charge in [-0.05, 0) is 33.8 Å². The molecule has 0 aliphatic carbocycles. The number of ether oxygens (including phenoxy) is 1. The predicted octanol–water partition coefficient (Wildman–Crippen LogP) is 2.21. The Labute approximate surface area is 96.4 Å². The molecule has 0 aliphatic heterocycles. The summed E-state index contributed by atoms with van der Waals surface area (Å²) < 4.78 is 4.97. The number of ketones is 1. The van der Waals surface area contributed by atoms with Gasteiger partial charge >= 0.3 is 6.09 Å². The maximum Gasteiger partial charge on any atom is 0.408 e. The van der Waals surface area contributed by atoms with Gasteiger partial charge in [0.25, 0.3) is 0 Å². The van der Waals surface area contributed by atoms with E-state index in [0.717, 1.165) is 0 Å². The van der Waals surface area contributed by atoms with Gasteiger partial charge in [0.05, 0.1) is 6.54 Å². The molecule has 4 heteroatoms. The van der Waals surface area contributed by atoms with Crippen LogP contribution in [0.15, 0.2) is 24.3 Å². The molecule has 1 N–H and O–H groups in total. The quantitative estimate of drug-likeness (QED) is 0.589. The van der Waals surface area contributed by atoms with Crippen LogP contribution in [0.2, 0.25) is 0 Å². The maximum absolute atomic E-state index is 11.2. The Morgan fingerprint density at radius 1 is 1.25 bits per heavy atom. The third-order valence-electron chi connectivity index (χ3n) is 1.39. The van der Waals surface area contributed by atoms with Crippen molar-refractivity contribution < 1.29 is 14.3 Å². The van der Waals surface area contributed by atoms with Crippen LogP contribution in [-0.4, -0.2) is 24.0 Å². The molecule has 0 saturated carbocycles. The van der Waals surface area contributed by atoms with Crippen LogP contribution in [0.25, 0.3) is 0 Å². The minimum atomic E-state index is -0.583. The van der Waals surface area contributed by atoms with E-state index in [9.17, 15) is 9.59 Å². The maximum atomic E-state index is 11.2. The molecule has 0 saturated heterocycles. The standard InChI is InChI=1S/C12H19NO3/c1-5-6-7-8-10(14)9-13-11(15)16-12(2,3)4/h5-8H,9H2,1-4H3,(H,13,15)/b6-5+,8-7+. The minimum Gasteiger partial charge on any atom is -0.444 e. The highest BCUT2D eigenvalue weighted by molar-refractivity contribution is 5.93. The molecule has 0 fully saturated rings. The Morgan fingerprint density at radius 3 is 2.38 bits per heavy atom. The Kier molecular flexibility index (Phi) is 6.15. The number of hydrogen-bond donors (Lipinski definition) is 1. The Morgan fingerprint density at radius 2 is 1.88 bits per heavy atom. The van der Waals surface area contributed by atoms with E-state index < -0.39 is 11.7 Å². The predicted molar refractivity (Wildman–Crippen MR) is 63.2 cm³/mol. The van der Waals surface area contributed by atoms with Gasteiger partial charge in [-0.2, -0.15) is 0 Å². The van der Waals surface area contributed by atoms with Crippen molar-refractivity contribution in [3.8, 4) is 0 Å². The lowest BCUT2D eigenvalue weighted by atomic mass is 10.2. The van der Waals surface area contributed by atoms with E-state index in [4.69, 9.17) is 4.74 Å². The molecule has 0 radical (unpaired) electrons. The Hall–Kier alpha value is -1.58. The Balaban J connectivity index is 3.89. The molecule has 0 aromatic rings. The number of carbonyl (C=O) groups excluding carboxylic acids is 2. The molecule has 0 aromatic carbocycles. The fraction of sp³-hybridized carbons (Fsp3) is 0.500. The van der Waals surface area contributed by atoms with Crippen molar-refractivity contribution >= 4 is 11.9 Å². The lowest BCUT2D eigenvalue weighted by Gasteiger charge is -2.19. The molecular weight excluding hydrogens is 206 g/mol. The summed E-state index contributed by atoms with van der Waals surface area (Å²) in [4.78, 5) is 22.4. The highest BCUT2D eigenvalue weighted by atomic mass is 16.6. The number of amides is 1. The van der Waals surface area contributed by atoms with Gasteiger partial charge in [-0.3, -0.25) is 4.79 Å². The van der Waals surface area contributed by atoms with Gasteiger partial charge in [-0.1, -0.05) is 18.2 Å². The monoisotopic (exact) mass is 225 g/mol. The molecule has 0 aliphatic rings.